The van der Waals surface area contributed by atoms with E-state index in [9.17, 15) is 9.59 Å². The Bertz CT molecular complexity index is 928. The van der Waals surface area contributed by atoms with E-state index in [0.717, 1.165) is 35.1 Å². The minimum Gasteiger partial charge on any atom is -0.421 e. The number of fused-ring (bicyclic) bond motifs is 5. The number of allylic oxidation sites excluding steroid dienone is 1. The van der Waals surface area contributed by atoms with E-state index < -0.39 is 6.16 Å². The number of aryl methyl sites for hydroxylation is 3. The molecular formula is C24H26O5. The second-order valence-corrected chi connectivity index (χ2v) is 8.32. The Labute approximate surface area is 171 Å². The summed E-state index contributed by atoms with van der Waals surface area (Å²) in [5, 5.41) is 0. The van der Waals surface area contributed by atoms with Crippen LogP contribution in [-0.4, -0.2) is 30.8 Å². The molecule has 5 atom stereocenters. The van der Waals surface area contributed by atoms with Crippen molar-refractivity contribution in [3.8, 4) is 12.3 Å². The highest BCUT2D eigenvalue weighted by Crippen LogP contribution is 2.57. The van der Waals surface area contributed by atoms with Crippen molar-refractivity contribution < 1.29 is 23.8 Å². The lowest BCUT2D eigenvalue weighted by atomic mass is 9.74. The number of ether oxygens (including phenoxy) is 3. The second-order valence-electron chi connectivity index (χ2n) is 8.32. The molecule has 3 aliphatic rings. The molecule has 1 aromatic rings. The third kappa shape index (κ3) is 3.07. The van der Waals surface area contributed by atoms with Gasteiger partial charge in [-0.15, -0.1) is 6.42 Å². The summed E-state index contributed by atoms with van der Waals surface area (Å²) in [4.78, 5) is 25.9. The van der Waals surface area contributed by atoms with Crippen LogP contribution in [0.15, 0.2) is 17.9 Å². The second kappa shape index (κ2) is 7.35. The Balaban J connectivity index is 1.81. The molecule has 1 aromatic carbocycles. The number of terminal acetylenes is 1. The molecule has 0 saturated carbocycles. The Morgan fingerprint density at radius 2 is 1.93 bits per heavy atom. The molecule has 0 amide bonds. The van der Waals surface area contributed by atoms with Gasteiger partial charge in [-0.25, -0.2) is 4.79 Å². The highest BCUT2D eigenvalue weighted by molar-refractivity contribution is 6.26. The molecular weight excluding hydrogens is 368 g/mol. The van der Waals surface area contributed by atoms with Crippen molar-refractivity contribution in [2.24, 2.45) is 17.8 Å². The van der Waals surface area contributed by atoms with Crippen molar-refractivity contribution in [3.05, 3.63) is 40.1 Å². The molecule has 2 aliphatic heterocycles. The number of carbonyl (C=O) groups is 2. The van der Waals surface area contributed by atoms with E-state index in [1.54, 1.807) is 0 Å². The molecule has 0 spiro atoms. The summed E-state index contributed by atoms with van der Waals surface area (Å²) in [6, 6.07) is 4.09. The molecule has 29 heavy (non-hydrogen) atoms. The van der Waals surface area contributed by atoms with E-state index in [1.165, 1.54) is 0 Å². The van der Waals surface area contributed by atoms with Crippen molar-refractivity contribution >= 4 is 17.5 Å². The zero-order valence-corrected chi connectivity index (χ0v) is 17.3. The average molecular weight is 394 g/mol. The molecule has 0 radical (unpaired) electrons. The fraction of sp³-hybridized carbons (Fsp3) is 0.500. The summed E-state index contributed by atoms with van der Waals surface area (Å²) < 4.78 is 16.7. The van der Waals surface area contributed by atoms with Crippen molar-refractivity contribution in [3.63, 3.8) is 0 Å². The molecule has 5 nitrogen and oxygen atoms in total. The van der Waals surface area contributed by atoms with Crippen molar-refractivity contribution in [2.75, 3.05) is 6.61 Å². The summed E-state index contributed by atoms with van der Waals surface area (Å²) in [6.07, 6.45) is 5.91. The van der Waals surface area contributed by atoms with Gasteiger partial charge in [0, 0.05) is 0 Å². The zero-order chi connectivity index (χ0) is 20.9. The normalized spacial score (nSPS) is 29.8. The zero-order valence-electron chi connectivity index (χ0n) is 17.3. The number of hydrogen-bond acceptors (Lipinski definition) is 5. The summed E-state index contributed by atoms with van der Waals surface area (Å²) in [5.41, 5.74) is 4.46. The van der Waals surface area contributed by atoms with Gasteiger partial charge < -0.3 is 14.2 Å². The third-order valence-electron chi connectivity index (χ3n) is 6.49. The maximum atomic E-state index is 13.6. The lowest BCUT2D eigenvalue weighted by molar-refractivity contribution is -0.119. The molecule has 2 bridgehead atoms. The fourth-order valence-corrected chi connectivity index (χ4v) is 5.50. The first-order valence-corrected chi connectivity index (χ1v) is 10.2. The predicted octanol–water partition coefficient (Wildman–Crippen LogP) is 4.12. The number of carbonyl (C=O) groups excluding carboxylic acids is 2. The van der Waals surface area contributed by atoms with Gasteiger partial charge in [0.1, 0.15) is 5.76 Å². The highest BCUT2D eigenvalue weighted by atomic mass is 16.7. The van der Waals surface area contributed by atoms with Crippen LogP contribution in [0.1, 0.15) is 42.0 Å². The monoisotopic (exact) mass is 394 g/mol. The van der Waals surface area contributed by atoms with Gasteiger partial charge in [0.15, 0.2) is 12.4 Å². The first kappa shape index (κ1) is 19.7. The van der Waals surface area contributed by atoms with Crippen LogP contribution in [0.25, 0.3) is 5.57 Å². The highest BCUT2D eigenvalue weighted by Gasteiger charge is 2.62. The minimum atomic E-state index is -0.874. The van der Waals surface area contributed by atoms with Gasteiger partial charge in [0.05, 0.1) is 29.6 Å². The fourth-order valence-electron chi connectivity index (χ4n) is 5.50. The molecule has 0 N–H and O–H groups in total. The van der Waals surface area contributed by atoms with Crippen LogP contribution in [0.5, 0.6) is 0 Å². The van der Waals surface area contributed by atoms with Crippen molar-refractivity contribution in [1.29, 1.82) is 0 Å². The summed E-state index contributed by atoms with van der Waals surface area (Å²) in [6.45, 7) is 7.95. The van der Waals surface area contributed by atoms with Crippen LogP contribution < -0.4 is 0 Å². The topological polar surface area (TPSA) is 61.8 Å². The van der Waals surface area contributed by atoms with Gasteiger partial charge in [0.2, 0.25) is 0 Å². The van der Waals surface area contributed by atoms with E-state index in [2.05, 4.69) is 12.8 Å². The van der Waals surface area contributed by atoms with E-state index in [0.29, 0.717) is 17.3 Å². The minimum absolute atomic E-state index is 0.00968. The smallest absolute Gasteiger partial charge is 0.421 e. The number of hydrogen-bond donors (Lipinski definition) is 0. The van der Waals surface area contributed by atoms with Crippen molar-refractivity contribution in [2.45, 2.75) is 52.7 Å². The van der Waals surface area contributed by atoms with Crippen LogP contribution in [0.3, 0.4) is 0 Å². The first-order chi connectivity index (χ1) is 13.9. The lowest BCUT2D eigenvalue weighted by Crippen LogP contribution is -2.35. The van der Waals surface area contributed by atoms with Gasteiger partial charge in [0.25, 0.3) is 0 Å². The van der Waals surface area contributed by atoms with E-state index >= 15 is 0 Å². The van der Waals surface area contributed by atoms with Crippen LogP contribution >= 0.6 is 0 Å². The number of benzene rings is 1. The van der Waals surface area contributed by atoms with Gasteiger partial charge in [-0.1, -0.05) is 37.0 Å². The molecule has 152 valence electrons. The molecule has 4 rings (SSSR count). The molecule has 4 unspecified atom stereocenters. The number of Topliss-reactive ketones (excluding diaryl/α,β-unsaturated/α-hetero) is 1. The van der Waals surface area contributed by atoms with Gasteiger partial charge in [-0.3, -0.25) is 4.79 Å². The first-order valence-electron chi connectivity index (χ1n) is 10.2. The molecule has 2 saturated heterocycles. The summed E-state index contributed by atoms with van der Waals surface area (Å²) in [7, 11) is 0. The van der Waals surface area contributed by atoms with Crippen LogP contribution in [-0.2, 0) is 19.0 Å². The quantitative estimate of drug-likeness (QED) is 0.568. The van der Waals surface area contributed by atoms with Gasteiger partial charge in [-0.2, -0.15) is 0 Å². The summed E-state index contributed by atoms with van der Waals surface area (Å²) >= 11 is 0. The van der Waals surface area contributed by atoms with Crippen LogP contribution in [0.2, 0.25) is 0 Å². The van der Waals surface area contributed by atoms with Crippen LogP contribution in [0, 0.1) is 50.9 Å². The van der Waals surface area contributed by atoms with Crippen molar-refractivity contribution in [1.82, 2.24) is 0 Å². The molecule has 1 aliphatic carbocycles. The average Bonchev–Trinajstić information content (AvgIpc) is 3.32. The van der Waals surface area contributed by atoms with Crippen LogP contribution in [0.4, 0.5) is 4.79 Å². The van der Waals surface area contributed by atoms with E-state index in [1.807, 2.05) is 32.9 Å². The molecule has 2 fully saturated rings. The third-order valence-corrected chi connectivity index (χ3v) is 6.49. The molecule has 2 heterocycles. The Kier molecular flexibility index (Phi) is 5.00. The predicted molar refractivity (Wildman–Crippen MR) is 108 cm³/mol. The maximum Gasteiger partial charge on any atom is 0.514 e. The number of rotatable bonds is 4. The van der Waals surface area contributed by atoms with E-state index in [-0.39, 0.29) is 36.4 Å². The standard InChI is InChI=1S/C24H26O5/c1-6-8-27-24(26)29-23-18-16-11-15(7-2)22(28-16)20(18)21(25)19(23)17-13(4)9-12(3)10-14(17)5/h1,9-10,15-16,18,20,22H,7-8,11H2,2-5H3/t15?,16?,18?,20-,22?/m1/s1. The van der Waals surface area contributed by atoms with Gasteiger partial charge in [-0.05, 0) is 49.8 Å². The SMILES string of the molecule is C#CCOC(=O)OC1=C(c2c(C)cc(C)cc2C)C(=O)[C@@H]2C3OC(CC3CC)C12. The summed E-state index contributed by atoms with van der Waals surface area (Å²) in [5.74, 6) is 2.47. The Hall–Kier alpha value is -2.58. The Morgan fingerprint density at radius 1 is 1.24 bits per heavy atom. The number of ketones is 1. The Morgan fingerprint density at radius 3 is 2.55 bits per heavy atom. The molecule has 5 heteroatoms. The lowest BCUT2D eigenvalue weighted by Gasteiger charge is -2.27. The largest absolute Gasteiger partial charge is 0.514 e. The van der Waals surface area contributed by atoms with E-state index in [4.69, 9.17) is 20.6 Å². The van der Waals surface area contributed by atoms with Gasteiger partial charge >= 0.3 is 6.16 Å². The maximum absolute atomic E-state index is 13.6. The molecule has 0 aromatic heterocycles.